The van der Waals surface area contributed by atoms with Gasteiger partial charge in [-0.15, -0.1) is 0 Å². The van der Waals surface area contributed by atoms with Gasteiger partial charge < -0.3 is 0 Å². The summed E-state index contributed by atoms with van der Waals surface area (Å²) in [5.74, 6) is -1.06. The Kier molecular flexibility index (Phi) is 4.12. The van der Waals surface area contributed by atoms with Crippen molar-refractivity contribution in [2.45, 2.75) is 18.2 Å². The monoisotopic (exact) mass is 310 g/mol. The molecule has 0 saturated heterocycles. The van der Waals surface area contributed by atoms with Crippen LogP contribution in [0.3, 0.4) is 0 Å². The van der Waals surface area contributed by atoms with Crippen molar-refractivity contribution in [3.05, 3.63) is 70.8 Å². The van der Waals surface area contributed by atoms with Crippen LogP contribution < -0.4 is 0 Å². The van der Waals surface area contributed by atoms with Gasteiger partial charge in [0.15, 0.2) is 0 Å². The van der Waals surface area contributed by atoms with Crippen molar-refractivity contribution in [2.24, 2.45) is 0 Å². The van der Waals surface area contributed by atoms with Gasteiger partial charge in [-0.25, -0.2) is 8.78 Å². The molecule has 18 heavy (non-hydrogen) atoms. The van der Waals surface area contributed by atoms with E-state index in [1.165, 1.54) is 17.7 Å². The molecule has 0 nitrogen and oxygen atoms in total. The van der Waals surface area contributed by atoms with Crippen LogP contribution >= 0.6 is 15.9 Å². The lowest BCUT2D eigenvalue weighted by molar-refractivity contribution is 0.571. The summed E-state index contributed by atoms with van der Waals surface area (Å²) < 4.78 is 26.4. The molecule has 0 aliphatic carbocycles. The van der Waals surface area contributed by atoms with Crippen LogP contribution in [0.15, 0.2) is 42.5 Å². The van der Waals surface area contributed by atoms with E-state index in [1.807, 2.05) is 31.2 Å². The molecule has 2 aromatic rings. The minimum absolute atomic E-state index is 0.152. The number of rotatable bonds is 3. The zero-order chi connectivity index (χ0) is 13.1. The Bertz CT molecular complexity index is 535. The molecule has 0 saturated carbocycles. The third-order valence-corrected chi connectivity index (χ3v) is 3.65. The Morgan fingerprint density at radius 3 is 2.33 bits per heavy atom. The molecule has 0 aliphatic heterocycles. The Morgan fingerprint density at radius 2 is 1.72 bits per heavy atom. The highest BCUT2D eigenvalue weighted by molar-refractivity contribution is 9.09. The topological polar surface area (TPSA) is 0 Å². The lowest BCUT2D eigenvalue weighted by Gasteiger charge is -2.11. The van der Waals surface area contributed by atoms with Gasteiger partial charge in [-0.2, -0.15) is 0 Å². The summed E-state index contributed by atoms with van der Waals surface area (Å²) in [6.07, 6.45) is 0.669. The fraction of sp³-hybridized carbons (Fsp3) is 0.200. The molecule has 2 rings (SSSR count). The fourth-order valence-corrected chi connectivity index (χ4v) is 2.54. The maximum Gasteiger partial charge on any atom is 0.130 e. The summed E-state index contributed by atoms with van der Waals surface area (Å²) in [5, 5.41) is 0. The highest BCUT2D eigenvalue weighted by atomic mass is 79.9. The van der Waals surface area contributed by atoms with Gasteiger partial charge in [0, 0.05) is 16.5 Å². The smallest absolute Gasteiger partial charge is 0.130 e. The molecule has 2 aromatic carbocycles. The summed E-state index contributed by atoms with van der Waals surface area (Å²) in [4.78, 5) is -0.152. The molecule has 94 valence electrons. The van der Waals surface area contributed by atoms with Crippen LogP contribution in [-0.4, -0.2) is 0 Å². The van der Waals surface area contributed by atoms with E-state index >= 15 is 0 Å². The molecule has 0 N–H and O–H groups in total. The van der Waals surface area contributed by atoms with Crippen LogP contribution in [0.5, 0.6) is 0 Å². The molecule has 0 radical (unpaired) electrons. The van der Waals surface area contributed by atoms with Crippen molar-refractivity contribution in [3.63, 3.8) is 0 Å². The quantitative estimate of drug-likeness (QED) is 0.703. The number of alkyl halides is 1. The minimum Gasteiger partial charge on any atom is -0.207 e. The molecule has 3 heteroatoms. The zero-order valence-electron chi connectivity index (χ0n) is 9.96. The maximum absolute atomic E-state index is 13.6. The SMILES string of the molecule is Cc1ccc(CC(Br)c2ccc(F)cc2F)cc1. The highest BCUT2D eigenvalue weighted by Gasteiger charge is 2.13. The van der Waals surface area contributed by atoms with Crippen molar-refractivity contribution in [1.82, 2.24) is 0 Å². The molecule has 0 fully saturated rings. The molecule has 1 atom stereocenters. The Morgan fingerprint density at radius 1 is 1.06 bits per heavy atom. The summed E-state index contributed by atoms with van der Waals surface area (Å²) >= 11 is 3.45. The Balaban J connectivity index is 2.16. The van der Waals surface area contributed by atoms with Crippen molar-refractivity contribution >= 4 is 15.9 Å². The standard InChI is InChI=1S/C15H13BrF2/c1-10-2-4-11(5-3-10)8-14(16)13-7-6-12(17)9-15(13)18/h2-7,9,14H,8H2,1H3. The summed E-state index contributed by atoms with van der Waals surface area (Å²) in [6.45, 7) is 2.02. The molecule has 0 bridgehead atoms. The van der Waals surface area contributed by atoms with Gasteiger partial charge in [-0.3, -0.25) is 0 Å². The predicted molar refractivity (Wildman–Crippen MR) is 72.9 cm³/mol. The zero-order valence-corrected chi connectivity index (χ0v) is 11.5. The van der Waals surface area contributed by atoms with Crippen molar-refractivity contribution in [1.29, 1.82) is 0 Å². The van der Waals surface area contributed by atoms with Gasteiger partial charge in [0.1, 0.15) is 11.6 Å². The van der Waals surface area contributed by atoms with E-state index in [9.17, 15) is 8.78 Å². The minimum atomic E-state index is -0.550. The molecule has 0 amide bonds. The van der Waals surface area contributed by atoms with E-state index in [0.717, 1.165) is 11.6 Å². The molecule has 0 aliphatic rings. The number of hydrogen-bond acceptors (Lipinski definition) is 0. The highest BCUT2D eigenvalue weighted by Crippen LogP contribution is 2.29. The van der Waals surface area contributed by atoms with Crippen LogP contribution in [0.25, 0.3) is 0 Å². The average Bonchev–Trinajstić information content (AvgIpc) is 2.32. The Hall–Kier alpha value is -1.22. The van der Waals surface area contributed by atoms with E-state index in [4.69, 9.17) is 0 Å². The Labute approximate surface area is 114 Å². The molecule has 0 heterocycles. The second-order valence-electron chi connectivity index (χ2n) is 4.32. The van der Waals surface area contributed by atoms with Gasteiger partial charge in [0.25, 0.3) is 0 Å². The normalized spacial score (nSPS) is 12.4. The number of hydrogen-bond donors (Lipinski definition) is 0. The number of aryl methyl sites for hydroxylation is 1. The van der Waals surface area contributed by atoms with Crippen LogP contribution in [0.4, 0.5) is 8.78 Å². The summed E-state index contributed by atoms with van der Waals surface area (Å²) in [5.41, 5.74) is 2.79. The van der Waals surface area contributed by atoms with E-state index in [1.54, 1.807) is 0 Å². The lowest BCUT2D eigenvalue weighted by Crippen LogP contribution is -1.99. The molecule has 0 aromatic heterocycles. The third kappa shape index (κ3) is 3.16. The first-order valence-corrected chi connectivity index (χ1v) is 6.62. The van der Waals surface area contributed by atoms with Crippen LogP contribution in [-0.2, 0) is 6.42 Å². The first kappa shape index (κ1) is 13.2. The lowest BCUT2D eigenvalue weighted by atomic mass is 10.0. The van der Waals surface area contributed by atoms with Gasteiger partial charge in [0.05, 0.1) is 0 Å². The summed E-state index contributed by atoms with van der Waals surface area (Å²) in [6, 6.07) is 11.8. The van der Waals surface area contributed by atoms with E-state index in [-0.39, 0.29) is 4.83 Å². The van der Waals surface area contributed by atoms with Gasteiger partial charge in [-0.1, -0.05) is 51.8 Å². The van der Waals surface area contributed by atoms with Gasteiger partial charge in [-0.05, 0) is 25.0 Å². The summed E-state index contributed by atoms with van der Waals surface area (Å²) in [7, 11) is 0. The molecule has 0 spiro atoms. The van der Waals surface area contributed by atoms with E-state index in [0.29, 0.717) is 12.0 Å². The van der Waals surface area contributed by atoms with Crippen molar-refractivity contribution < 1.29 is 8.78 Å². The molecule has 1 unspecified atom stereocenters. The van der Waals surface area contributed by atoms with Crippen LogP contribution in [0.1, 0.15) is 21.5 Å². The van der Waals surface area contributed by atoms with Crippen molar-refractivity contribution in [3.8, 4) is 0 Å². The van der Waals surface area contributed by atoms with Crippen LogP contribution in [0.2, 0.25) is 0 Å². The second-order valence-corrected chi connectivity index (χ2v) is 5.43. The van der Waals surface area contributed by atoms with Gasteiger partial charge in [0.2, 0.25) is 0 Å². The van der Waals surface area contributed by atoms with Gasteiger partial charge >= 0.3 is 0 Å². The first-order chi connectivity index (χ1) is 8.56. The van der Waals surface area contributed by atoms with Crippen molar-refractivity contribution in [2.75, 3.05) is 0 Å². The number of halogens is 3. The number of benzene rings is 2. The maximum atomic E-state index is 13.6. The average molecular weight is 311 g/mol. The van der Waals surface area contributed by atoms with E-state index < -0.39 is 11.6 Å². The predicted octanol–water partition coefficient (Wildman–Crippen LogP) is 4.95. The van der Waals surface area contributed by atoms with Crippen LogP contribution in [0, 0.1) is 18.6 Å². The van der Waals surface area contributed by atoms with E-state index in [2.05, 4.69) is 15.9 Å². The first-order valence-electron chi connectivity index (χ1n) is 5.71. The second kappa shape index (κ2) is 5.61. The fourth-order valence-electron chi connectivity index (χ4n) is 1.80. The molecular formula is C15H13BrF2. The largest absolute Gasteiger partial charge is 0.207 e. The molecular weight excluding hydrogens is 298 g/mol. The third-order valence-electron chi connectivity index (χ3n) is 2.84.